The smallest absolute Gasteiger partial charge is 0.145 e. The molecule has 0 spiro atoms. The zero-order valence-corrected chi connectivity index (χ0v) is 16.8. The minimum Gasteiger partial charge on any atom is -0.497 e. The van der Waals surface area contributed by atoms with E-state index >= 15 is 0 Å². The first kappa shape index (κ1) is 18.8. The molecule has 4 rings (SSSR count). The van der Waals surface area contributed by atoms with Crippen molar-refractivity contribution >= 4 is 17.2 Å². The summed E-state index contributed by atoms with van der Waals surface area (Å²) in [6.07, 6.45) is 0.848. The summed E-state index contributed by atoms with van der Waals surface area (Å²) < 4.78 is 5.33. The molecule has 29 heavy (non-hydrogen) atoms. The highest BCUT2D eigenvalue weighted by Gasteiger charge is 2.27. The van der Waals surface area contributed by atoms with Crippen LogP contribution < -0.4 is 9.64 Å². The number of hydrogen-bond acceptors (Lipinski definition) is 3. The van der Waals surface area contributed by atoms with Crippen LogP contribution in [-0.2, 0) is 0 Å². The maximum absolute atomic E-state index is 5.33. The number of rotatable bonds is 5. The number of nitrogens with zero attached hydrogens (tertiary/aromatic N) is 2. The lowest BCUT2D eigenvalue weighted by atomic mass is 9.98. The molecule has 3 aromatic carbocycles. The molecule has 0 N–H and O–H groups in total. The Bertz CT molecular complexity index is 1060. The molecule has 0 saturated carbocycles. The van der Waals surface area contributed by atoms with Crippen molar-refractivity contribution in [1.82, 2.24) is 0 Å². The summed E-state index contributed by atoms with van der Waals surface area (Å²) in [6.45, 7) is 6.63. The molecule has 0 unspecified atom stereocenters. The number of anilines is 1. The molecule has 0 aliphatic carbocycles. The van der Waals surface area contributed by atoms with Gasteiger partial charge in [-0.15, -0.1) is 0 Å². The van der Waals surface area contributed by atoms with Gasteiger partial charge in [-0.25, -0.2) is 4.99 Å². The summed E-state index contributed by atoms with van der Waals surface area (Å²) in [5.41, 5.74) is 6.25. The lowest BCUT2D eigenvalue weighted by molar-refractivity contribution is 0.415. The summed E-state index contributed by atoms with van der Waals surface area (Å²) in [5.74, 6) is 1.70. The average molecular weight is 380 g/mol. The van der Waals surface area contributed by atoms with E-state index in [1.54, 1.807) is 7.11 Å². The highest BCUT2D eigenvalue weighted by atomic mass is 16.5. The van der Waals surface area contributed by atoms with Crippen LogP contribution in [0, 0.1) is 0 Å². The molecule has 3 nitrogen and oxygen atoms in total. The van der Waals surface area contributed by atoms with Gasteiger partial charge in [0.25, 0.3) is 0 Å². The lowest BCUT2D eigenvalue weighted by Gasteiger charge is -2.34. The van der Waals surface area contributed by atoms with E-state index < -0.39 is 0 Å². The first-order valence-corrected chi connectivity index (χ1v) is 9.79. The molecule has 1 heterocycles. The molecule has 3 heteroatoms. The van der Waals surface area contributed by atoms with Crippen molar-refractivity contribution < 1.29 is 4.74 Å². The highest BCUT2D eigenvalue weighted by Crippen LogP contribution is 2.37. The first-order valence-electron chi connectivity index (χ1n) is 9.79. The minimum atomic E-state index is 0.825. The molecule has 0 radical (unpaired) electrons. The fourth-order valence-corrected chi connectivity index (χ4v) is 3.62. The van der Waals surface area contributed by atoms with Crippen molar-refractivity contribution in [2.45, 2.75) is 13.3 Å². The van der Waals surface area contributed by atoms with Crippen LogP contribution in [0.5, 0.6) is 5.75 Å². The Balaban J connectivity index is 1.91. The van der Waals surface area contributed by atoms with Crippen molar-refractivity contribution in [1.29, 1.82) is 0 Å². The quantitative estimate of drug-likeness (QED) is 0.519. The molecule has 0 amide bonds. The molecular weight excluding hydrogens is 356 g/mol. The Morgan fingerprint density at radius 2 is 1.41 bits per heavy atom. The topological polar surface area (TPSA) is 24.8 Å². The van der Waals surface area contributed by atoms with Gasteiger partial charge in [-0.1, -0.05) is 74.2 Å². The standard InChI is InChI=1S/C26H24N2O/c1-4-24-19(2)28(22-15-17-23(29-3)18-16-22)26(21-13-9-6-10-14-21)27-25(24)20-11-7-5-8-12-20/h5-18H,2,4H2,1,3H3. The average Bonchev–Trinajstić information content (AvgIpc) is 2.79. The van der Waals surface area contributed by atoms with Gasteiger partial charge in [0.2, 0.25) is 0 Å². The van der Waals surface area contributed by atoms with Gasteiger partial charge in [-0.3, -0.25) is 4.90 Å². The normalized spacial score (nSPS) is 14.1. The third-order valence-corrected chi connectivity index (χ3v) is 5.10. The first-order chi connectivity index (χ1) is 14.2. The third kappa shape index (κ3) is 3.59. The second-order valence-electron chi connectivity index (χ2n) is 6.83. The van der Waals surface area contributed by atoms with Gasteiger partial charge in [0.1, 0.15) is 11.6 Å². The predicted octanol–water partition coefficient (Wildman–Crippen LogP) is 6.30. The van der Waals surface area contributed by atoms with Crippen LogP contribution in [0.1, 0.15) is 24.5 Å². The van der Waals surface area contributed by atoms with Crippen molar-refractivity contribution in [2.24, 2.45) is 4.99 Å². The van der Waals surface area contributed by atoms with E-state index in [-0.39, 0.29) is 0 Å². The Morgan fingerprint density at radius 3 is 1.97 bits per heavy atom. The molecule has 0 saturated heterocycles. The number of methoxy groups -OCH3 is 1. The van der Waals surface area contributed by atoms with Crippen molar-refractivity contribution in [3.8, 4) is 5.75 Å². The molecule has 0 aromatic heterocycles. The van der Waals surface area contributed by atoms with E-state index in [0.717, 1.165) is 51.8 Å². The van der Waals surface area contributed by atoms with Crippen LogP contribution in [0.25, 0.3) is 5.70 Å². The van der Waals surface area contributed by atoms with Crippen LogP contribution >= 0.6 is 0 Å². The Hall–Kier alpha value is -3.59. The molecule has 144 valence electrons. The van der Waals surface area contributed by atoms with E-state index in [0.29, 0.717) is 0 Å². The maximum Gasteiger partial charge on any atom is 0.145 e. The SMILES string of the molecule is C=C1C(CC)=C(c2ccccc2)N=C(c2ccccc2)N1c1ccc(OC)cc1. The summed E-state index contributed by atoms with van der Waals surface area (Å²) in [4.78, 5) is 7.29. The molecule has 1 aliphatic heterocycles. The Kier molecular flexibility index (Phi) is 5.30. The third-order valence-electron chi connectivity index (χ3n) is 5.10. The zero-order chi connectivity index (χ0) is 20.2. The Morgan fingerprint density at radius 1 is 0.828 bits per heavy atom. The van der Waals surface area contributed by atoms with Crippen LogP contribution in [0.2, 0.25) is 0 Å². The van der Waals surface area contributed by atoms with Crippen molar-refractivity contribution in [3.05, 3.63) is 114 Å². The molecule has 0 fully saturated rings. The predicted molar refractivity (Wildman–Crippen MR) is 121 cm³/mol. The fourth-order valence-electron chi connectivity index (χ4n) is 3.62. The second kappa shape index (κ2) is 8.19. The minimum absolute atomic E-state index is 0.825. The molecule has 0 atom stereocenters. The van der Waals surface area contributed by atoms with E-state index in [4.69, 9.17) is 9.73 Å². The maximum atomic E-state index is 5.33. The largest absolute Gasteiger partial charge is 0.497 e. The molecule has 1 aliphatic rings. The lowest BCUT2D eigenvalue weighted by Crippen LogP contribution is -2.34. The van der Waals surface area contributed by atoms with Gasteiger partial charge in [-0.05, 0) is 30.7 Å². The zero-order valence-electron chi connectivity index (χ0n) is 16.8. The van der Waals surface area contributed by atoms with Crippen molar-refractivity contribution in [2.75, 3.05) is 12.0 Å². The number of amidine groups is 1. The highest BCUT2D eigenvalue weighted by molar-refractivity contribution is 6.16. The molecular formula is C26H24N2O. The number of aliphatic imine (C=N–C) groups is 1. The van der Waals surface area contributed by atoms with Gasteiger partial charge in [-0.2, -0.15) is 0 Å². The van der Waals surface area contributed by atoms with E-state index in [1.165, 1.54) is 0 Å². The summed E-state index contributed by atoms with van der Waals surface area (Å²) >= 11 is 0. The van der Waals surface area contributed by atoms with Crippen LogP contribution in [0.15, 0.2) is 108 Å². The van der Waals surface area contributed by atoms with E-state index in [1.807, 2.05) is 60.7 Å². The number of allylic oxidation sites excluding steroid dienone is 1. The summed E-state index contributed by atoms with van der Waals surface area (Å²) in [5, 5.41) is 0. The van der Waals surface area contributed by atoms with Gasteiger partial charge >= 0.3 is 0 Å². The number of ether oxygens (including phenoxy) is 1. The van der Waals surface area contributed by atoms with Gasteiger partial charge in [0, 0.05) is 28.1 Å². The fraction of sp³-hybridized carbons (Fsp3) is 0.115. The van der Waals surface area contributed by atoms with Gasteiger partial charge in [0.15, 0.2) is 0 Å². The molecule has 3 aromatic rings. The second-order valence-corrected chi connectivity index (χ2v) is 6.83. The molecule has 0 bridgehead atoms. The van der Waals surface area contributed by atoms with Gasteiger partial charge < -0.3 is 4.74 Å². The van der Waals surface area contributed by atoms with E-state index in [9.17, 15) is 0 Å². The monoisotopic (exact) mass is 380 g/mol. The summed E-state index contributed by atoms with van der Waals surface area (Å²) in [6, 6.07) is 28.6. The van der Waals surface area contributed by atoms with E-state index in [2.05, 4.69) is 42.7 Å². The summed E-state index contributed by atoms with van der Waals surface area (Å²) in [7, 11) is 1.68. The van der Waals surface area contributed by atoms with Crippen LogP contribution in [0.4, 0.5) is 5.69 Å². The number of hydrogen-bond donors (Lipinski definition) is 0. The van der Waals surface area contributed by atoms with Crippen molar-refractivity contribution in [3.63, 3.8) is 0 Å². The van der Waals surface area contributed by atoms with Gasteiger partial charge in [0.05, 0.1) is 12.8 Å². The Labute approximate surface area is 172 Å². The van der Waals surface area contributed by atoms with Crippen LogP contribution in [-0.4, -0.2) is 12.9 Å². The van der Waals surface area contributed by atoms with Crippen LogP contribution in [0.3, 0.4) is 0 Å². The number of benzene rings is 3.